The molecule has 2 atom stereocenters. The van der Waals surface area contributed by atoms with Crippen molar-refractivity contribution in [3.63, 3.8) is 0 Å². The third-order valence-corrected chi connectivity index (χ3v) is 3.19. The fraction of sp³-hybridized carbons (Fsp3) is 0.417. The van der Waals surface area contributed by atoms with Crippen LogP contribution in [0.15, 0.2) is 24.3 Å². The van der Waals surface area contributed by atoms with E-state index in [1.165, 1.54) is 0 Å². The highest BCUT2D eigenvalue weighted by atomic mass is 35.5. The van der Waals surface area contributed by atoms with E-state index < -0.39 is 0 Å². The molecule has 3 heteroatoms. The van der Waals surface area contributed by atoms with Crippen molar-refractivity contribution in [2.75, 3.05) is 13.1 Å². The van der Waals surface area contributed by atoms with E-state index in [1.807, 2.05) is 24.3 Å². The minimum absolute atomic E-state index is 0.00253. The first-order valence-corrected chi connectivity index (χ1v) is 5.55. The summed E-state index contributed by atoms with van der Waals surface area (Å²) in [6.45, 7) is 1.97. The van der Waals surface area contributed by atoms with Crippen LogP contribution in [-0.4, -0.2) is 13.1 Å². The summed E-state index contributed by atoms with van der Waals surface area (Å²) in [7, 11) is 0. The molecule has 2 unspecified atom stereocenters. The molecule has 0 bridgehead atoms. The second-order valence-electron chi connectivity index (χ2n) is 3.91. The molecule has 1 aliphatic rings. The Bertz CT molecular complexity index is 360. The summed E-state index contributed by atoms with van der Waals surface area (Å²) in [6, 6.07) is 10.0. The van der Waals surface area contributed by atoms with E-state index in [4.69, 9.17) is 11.6 Å². The highest BCUT2D eigenvalue weighted by Crippen LogP contribution is 2.29. The molecule has 1 aliphatic heterocycles. The number of hydrogen-bond acceptors (Lipinski definition) is 2. The van der Waals surface area contributed by atoms with Crippen LogP contribution in [0.25, 0.3) is 0 Å². The smallest absolute Gasteiger partial charge is 0.0753 e. The number of nitriles is 1. The van der Waals surface area contributed by atoms with Crippen LogP contribution < -0.4 is 5.32 Å². The van der Waals surface area contributed by atoms with E-state index >= 15 is 0 Å². The minimum Gasteiger partial charge on any atom is -0.316 e. The first-order valence-electron chi connectivity index (χ1n) is 5.17. The fourth-order valence-electron chi connectivity index (χ4n) is 2.08. The zero-order chi connectivity index (χ0) is 10.7. The van der Waals surface area contributed by atoms with Gasteiger partial charge in [0, 0.05) is 5.02 Å². The van der Waals surface area contributed by atoms with E-state index in [9.17, 15) is 5.26 Å². The van der Waals surface area contributed by atoms with Crippen LogP contribution in [0.2, 0.25) is 5.02 Å². The summed E-state index contributed by atoms with van der Waals surface area (Å²) in [4.78, 5) is 0. The zero-order valence-corrected chi connectivity index (χ0v) is 9.17. The fourth-order valence-corrected chi connectivity index (χ4v) is 2.21. The first kappa shape index (κ1) is 10.5. The van der Waals surface area contributed by atoms with E-state index in [-0.39, 0.29) is 5.92 Å². The lowest BCUT2D eigenvalue weighted by Gasteiger charge is -2.15. The number of nitrogens with one attached hydrogen (secondary N) is 1. The van der Waals surface area contributed by atoms with Crippen LogP contribution in [-0.2, 0) is 0 Å². The quantitative estimate of drug-likeness (QED) is 0.832. The molecule has 0 aromatic heterocycles. The third kappa shape index (κ3) is 2.31. The van der Waals surface area contributed by atoms with Gasteiger partial charge in [0.1, 0.15) is 0 Å². The second-order valence-corrected chi connectivity index (χ2v) is 4.35. The van der Waals surface area contributed by atoms with Gasteiger partial charge >= 0.3 is 0 Å². The maximum atomic E-state index is 9.20. The van der Waals surface area contributed by atoms with E-state index in [0.29, 0.717) is 5.92 Å². The molecule has 0 spiro atoms. The number of benzene rings is 1. The normalized spacial score (nSPS) is 22.3. The van der Waals surface area contributed by atoms with Crippen molar-refractivity contribution in [3.8, 4) is 6.07 Å². The molecule has 15 heavy (non-hydrogen) atoms. The van der Waals surface area contributed by atoms with Gasteiger partial charge in [-0.05, 0) is 43.1 Å². The number of hydrogen-bond donors (Lipinski definition) is 1. The number of nitrogens with zero attached hydrogens (tertiary/aromatic N) is 1. The van der Waals surface area contributed by atoms with E-state index in [1.54, 1.807) is 0 Å². The summed E-state index contributed by atoms with van der Waals surface area (Å²) in [6.07, 6.45) is 1.08. The molecule has 2 rings (SSSR count). The first-order chi connectivity index (χ1) is 7.31. The van der Waals surface area contributed by atoms with Crippen molar-refractivity contribution in [3.05, 3.63) is 34.9 Å². The Balaban J connectivity index is 2.19. The topological polar surface area (TPSA) is 35.8 Å². The van der Waals surface area contributed by atoms with Crippen molar-refractivity contribution in [2.24, 2.45) is 5.92 Å². The number of rotatable bonds is 2. The monoisotopic (exact) mass is 220 g/mol. The molecule has 1 heterocycles. The van der Waals surface area contributed by atoms with Crippen LogP contribution in [0.1, 0.15) is 17.9 Å². The van der Waals surface area contributed by atoms with Gasteiger partial charge in [-0.25, -0.2) is 0 Å². The zero-order valence-electron chi connectivity index (χ0n) is 8.41. The molecule has 1 aromatic rings. The third-order valence-electron chi connectivity index (χ3n) is 2.94. The second kappa shape index (κ2) is 4.65. The van der Waals surface area contributed by atoms with Crippen molar-refractivity contribution in [1.29, 1.82) is 5.26 Å². The predicted molar refractivity (Wildman–Crippen MR) is 60.8 cm³/mol. The van der Waals surface area contributed by atoms with E-state index in [0.717, 1.165) is 30.1 Å². The van der Waals surface area contributed by atoms with Crippen LogP contribution in [0, 0.1) is 17.2 Å². The van der Waals surface area contributed by atoms with Crippen molar-refractivity contribution in [1.82, 2.24) is 5.32 Å². The van der Waals surface area contributed by atoms with Crippen LogP contribution >= 0.6 is 11.6 Å². The van der Waals surface area contributed by atoms with Gasteiger partial charge in [-0.3, -0.25) is 0 Å². The molecule has 1 fully saturated rings. The molecule has 2 nitrogen and oxygen atoms in total. The molecule has 1 N–H and O–H groups in total. The summed E-state index contributed by atoms with van der Waals surface area (Å²) < 4.78 is 0. The molecule has 1 saturated heterocycles. The average molecular weight is 221 g/mol. The lowest BCUT2D eigenvalue weighted by Crippen LogP contribution is -2.15. The summed E-state index contributed by atoms with van der Waals surface area (Å²) in [5, 5.41) is 13.2. The highest BCUT2D eigenvalue weighted by molar-refractivity contribution is 6.30. The summed E-state index contributed by atoms with van der Waals surface area (Å²) in [5.74, 6) is 0.438. The van der Waals surface area contributed by atoms with Gasteiger partial charge < -0.3 is 5.32 Å². The molecule has 0 amide bonds. The van der Waals surface area contributed by atoms with Gasteiger partial charge in [0.05, 0.1) is 12.0 Å². The summed E-state index contributed by atoms with van der Waals surface area (Å²) >= 11 is 5.82. The Morgan fingerprint density at radius 1 is 1.40 bits per heavy atom. The van der Waals surface area contributed by atoms with Crippen LogP contribution in [0.3, 0.4) is 0 Å². The Hall–Kier alpha value is -1.04. The summed E-state index contributed by atoms with van der Waals surface area (Å²) in [5.41, 5.74) is 1.08. The van der Waals surface area contributed by atoms with Crippen LogP contribution in [0.5, 0.6) is 0 Å². The molecule has 0 saturated carbocycles. The van der Waals surface area contributed by atoms with Crippen LogP contribution in [0.4, 0.5) is 0 Å². The maximum absolute atomic E-state index is 9.20. The van der Waals surface area contributed by atoms with Crippen molar-refractivity contribution in [2.45, 2.75) is 12.3 Å². The van der Waals surface area contributed by atoms with Gasteiger partial charge in [-0.1, -0.05) is 23.7 Å². The molecular weight excluding hydrogens is 208 g/mol. The Morgan fingerprint density at radius 2 is 2.13 bits per heavy atom. The van der Waals surface area contributed by atoms with Crippen molar-refractivity contribution >= 4 is 11.6 Å². The molecule has 0 radical (unpaired) electrons. The molecular formula is C12H13ClN2. The Morgan fingerprint density at radius 3 is 2.67 bits per heavy atom. The Kier molecular flexibility index (Phi) is 3.25. The maximum Gasteiger partial charge on any atom is 0.0753 e. The lowest BCUT2D eigenvalue weighted by atomic mass is 9.87. The van der Waals surface area contributed by atoms with Crippen molar-refractivity contribution < 1.29 is 0 Å². The Labute approximate surface area is 94.9 Å². The van der Waals surface area contributed by atoms with Gasteiger partial charge in [-0.2, -0.15) is 5.26 Å². The predicted octanol–water partition coefficient (Wildman–Crippen LogP) is 2.56. The minimum atomic E-state index is -0.00253. The lowest BCUT2D eigenvalue weighted by molar-refractivity contribution is 0.531. The van der Waals surface area contributed by atoms with Gasteiger partial charge in [0.2, 0.25) is 0 Å². The largest absolute Gasteiger partial charge is 0.316 e. The molecule has 78 valence electrons. The number of halogens is 1. The standard InChI is InChI=1S/C12H13ClN2/c13-11-3-1-9(2-4-11)12(7-14)10-5-6-15-8-10/h1-4,10,12,15H,5-6,8H2. The SMILES string of the molecule is N#CC(c1ccc(Cl)cc1)C1CCNC1. The highest BCUT2D eigenvalue weighted by Gasteiger charge is 2.25. The molecule has 1 aromatic carbocycles. The van der Waals surface area contributed by atoms with Gasteiger partial charge in [0.25, 0.3) is 0 Å². The van der Waals surface area contributed by atoms with E-state index in [2.05, 4.69) is 11.4 Å². The van der Waals surface area contributed by atoms with Gasteiger partial charge in [-0.15, -0.1) is 0 Å². The molecule has 0 aliphatic carbocycles. The van der Waals surface area contributed by atoms with Gasteiger partial charge in [0.15, 0.2) is 0 Å². The average Bonchev–Trinajstić information content (AvgIpc) is 2.75.